The topological polar surface area (TPSA) is 79.0 Å². The maximum absolute atomic E-state index is 11.1. The number of carbonyl (C=O) groups is 1. The fourth-order valence-corrected chi connectivity index (χ4v) is 5.27. The molecule has 7 heteroatoms. The number of aromatic carboxylic acids is 1. The van der Waals surface area contributed by atoms with Crippen molar-refractivity contribution >= 4 is 5.97 Å². The van der Waals surface area contributed by atoms with Crippen molar-refractivity contribution in [2.75, 3.05) is 13.1 Å². The molecule has 2 bridgehead atoms. The molecule has 0 aliphatic carbocycles. The van der Waals surface area contributed by atoms with Gasteiger partial charge in [-0.3, -0.25) is 9.80 Å². The SMILES string of the molecule is O=C(O)c1ccc(CN2C[C@H]3C[C@@H]2CN3Cc2ccc(Oc3ccc(-c4ncco4)cc3)cc2)cc1. The summed E-state index contributed by atoms with van der Waals surface area (Å²) in [6, 6.07) is 24.4. The Bertz CT molecular complexity index is 1320. The van der Waals surface area contributed by atoms with Crippen molar-refractivity contribution in [3.63, 3.8) is 0 Å². The maximum Gasteiger partial charge on any atom is 0.335 e. The highest BCUT2D eigenvalue weighted by molar-refractivity contribution is 5.87. The summed E-state index contributed by atoms with van der Waals surface area (Å²) in [5.41, 5.74) is 3.70. The van der Waals surface area contributed by atoms with Crippen LogP contribution in [0.2, 0.25) is 0 Å². The molecule has 0 radical (unpaired) electrons. The molecule has 1 N–H and O–H groups in total. The van der Waals surface area contributed by atoms with Crippen LogP contribution in [-0.4, -0.2) is 51.0 Å². The summed E-state index contributed by atoms with van der Waals surface area (Å²) in [5.74, 6) is 1.30. The van der Waals surface area contributed by atoms with Gasteiger partial charge in [-0.1, -0.05) is 24.3 Å². The summed E-state index contributed by atoms with van der Waals surface area (Å²) < 4.78 is 11.3. The van der Waals surface area contributed by atoms with Gasteiger partial charge >= 0.3 is 5.97 Å². The lowest BCUT2D eigenvalue weighted by molar-refractivity contribution is 0.0697. The minimum absolute atomic E-state index is 0.338. The summed E-state index contributed by atoms with van der Waals surface area (Å²) in [6.07, 6.45) is 4.39. The second-order valence-corrected chi connectivity index (χ2v) is 9.51. The van der Waals surface area contributed by atoms with Crippen molar-refractivity contribution in [3.05, 3.63) is 102 Å². The predicted octanol–water partition coefficient (Wildman–Crippen LogP) is 5.29. The van der Waals surface area contributed by atoms with Gasteiger partial charge in [-0.05, 0) is 66.1 Å². The second-order valence-electron chi connectivity index (χ2n) is 9.51. The van der Waals surface area contributed by atoms with E-state index in [9.17, 15) is 4.79 Å². The molecule has 36 heavy (non-hydrogen) atoms. The molecule has 7 nitrogen and oxygen atoms in total. The molecule has 0 saturated carbocycles. The molecule has 0 spiro atoms. The van der Waals surface area contributed by atoms with Crippen LogP contribution in [0.1, 0.15) is 27.9 Å². The quantitative estimate of drug-likeness (QED) is 0.366. The van der Waals surface area contributed by atoms with Crippen molar-refractivity contribution < 1.29 is 19.1 Å². The smallest absolute Gasteiger partial charge is 0.335 e. The Labute approximate surface area is 209 Å². The van der Waals surface area contributed by atoms with E-state index in [0.29, 0.717) is 23.5 Å². The fraction of sp³-hybridized carbons (Fsp3) is 0.241. The molecule has 182 valence electrons. The van der Waals surface area contributed by atoms with E-state index in [1.54, 1.807) is 24.6 Å². The highest BCUT2D eigenvalue weighted by atomic mass is 16.5. The standard InChI is InChI=1S/C29H27N3O4/c33-29(34)23-5-1-20(2-6-23)16-31-18-25-15-24(31)19-32(25)17-21-3-9-26(10-4-21)36-27-11-7-22(8-12-27)28-30-13-14-35-28/h1-14,24-25H,15-19H2,(H,33,34)/t24-,25-/m1/s1. The van der Waals surface area contributed by atoms with Gasteiger partial charge in [0.25, 0.3) is 0 Å². The van der Waals surface area contributed by atoms with Crippen molar-refractivity contribution in [3.8, 4) is 23.0 Å². The highest BCUT2D eigenvalue weighted by Gasteiger charge is 2.42. The highest BCUT2D eigenvalue weighted by Crippen LogP contribution is 2.33. The van der Waals surface area contributed by atoms with E-state index < -0.39 is 5.97 Å². The number of rotatable bonds is 8. The van der Waals surface area contributed by atoms with E-state index in [0.717, 1.165) is 43.2 Å². The average molecular weight is 482 g/mol. The van der Waals surface area contributed by atoms with E-state index in [4.69, 9.17) is 14.3 Å². The van der Waals surface area contributed by atoms with Gasteiger partial charge in [0.2, 0.25) is 5.89 Å². The normalized spacial score (nSPS) is 19.6. The third kappa shape index (κ3) is 4.76. The number of hydrogen-bond donors (Lipinski definition) is 1. The van der Waals surface area contributed by atoms with Crippen LogP contribution in [0.4, 0.5) is 0 Å². The monoisotopic (exact) mass is 481 g/mol. The zero-order valence-corrected chi connectivity index (χ0v) is 19.8. The predicted molar refractivity (Wildman–Crippen MR) is 135 cm³/mol. The third-order valence-corrected chi connectivity index (χ3v) is 7.13. The first-order valence-corrected chi connectivity index (χ1v) is 12.2. The van der Waals surface area contributed by atoms with Gasteiger partial charge in [0.15, 0.2) is 0 Å². The fourth-order valence-electron chi connectivity index (χ4n) is 5.27. The lowest BCUT2D eigenvalue weighted by Gasteiger charge is -2.34. The molecule has 0 amide bonds. The van der Waals surface area contributed by atoms with E-state index in [-0.39, 0.29) is 0 Å². The number of fused-ring (bicyclic) bond motifs is 2. The van der Waals surface area contributed by atoms with Crippen LogP contribution < -0.4 is 4.74 Å². The third-order valence-electron chi connectivity index (χ3n) is 7.13. The average Bonchev–Trinajstić information content (AvgIpc) is 3.65. The number of nitrogens with zero attached hydrogens (tertiary/aromatic N) is 3. The lowest BCUT2D eigenvalue weighted by Crippen LogP contribution is -2.45. The van der Waals surface area contributed by atoms with E-state index in [2.05, 4.69) is 26.9 Å². The zero-order chi connectivity index (χ0) is 24.5. The number of aromatic nitrogens is 1. The Morgan fingerprint density at radius 1 is 0.861 bits per heavy atom. The Hall–Kier alpha value is -3.94. The number of hydrogen-bond acceptors (Lipinski definition) is 6. The van der Waals surface area contributed by atoms with Crippen LogP contribution in [-0.2, 0) is 13.1 Å². The Morgan fingerprint density at radius 2 is 1.42 bits per heavy atom. The second kappa shape index (κ2) is 9.60. The molecular formula is C29H27N3O4. The summed E-state index contributed by atoms with van der Waals surface area (Å²) in [6.45, 7) is 3.93. The molecule has 2 saturated heterocycles. The number of benzene rings is 3. The van der Waals surface area contributed by atoms with Crippen LogP contribution in [0.5, 0.6) is 11.5 Å². The molecular weight excluding hydrogens is 454 g/mol. The van der Waals surface area contributed by atoms with Gasteiger partial charge < -0.3 is 14.3 Å². The first kappa shape index (κ1) is 22.5. The van der Waals surface area contributed by atoms with Crippen molar-refractivity contribution in [2.24, 2.45) is 0 Å². The van der Waals surface area contributed by atoms with Crippen molar-refractivity contribution in [1.29, 1.82) is 0 Å². The Kier molecular flexibility index (Phi) is 6.01. The molecule has 2 aliphatic rings. The number of oxazole rings is 1. The lowest BCUT2D eigenvalue weighted by atomic mass is 10.1. The Balaban J connectivity index is 1.01. The van der Waals surface area contributed by atoms with Crippen LogP contribution in [0.3, 0.4) is 0 Å². The van der Waals surface area contributed by atoms with Crippen LogP contribution in [0, 0.1) is 0 Å². The number of ether oxygens (including phenoxy) is 1. The Morgan fingerprint density at radius 3 is 1.92 bits per heavy atom. The molecule has 6 rings (SSSR count). The number of likely N-dealkylation sites (tertiary alicyclic amines) is 2. The minimum atomic E-state index is -0.880. The van der Waals surface area contributed by atoms with Crippen LogP contribution in [0.25, 0.3) is 11.5 Å². The van der Waals surface area contributed by atoms with Gasteiger partial charge in [0.05, 0.1) is 11.8 Å². The van der Waals surface area contributed by atoms with Gasteiger partial charge in [0, 0.05) is 43.8 Å². The summed E-state index contributed by atoms with van der Waals surface area (Å²) in [4.78, 5) is 20.3. The van der Waals surface area contributed by atoms with E-state index >= 15 is 0 Å². The van der Waals surface area contributed by atoms with E-state index in [1.807, 2.05) is 48.5 Å². The number of carboxylic acids is 1. The van der Waals surface area contributed by atoms with Crippen molar-refractivity contribution in [2.45, 2.75) is 31.6 Å². The van der Waals surface area contributed by atoms with Gasteiger partial charge in [-0.25, -0.2) is 9.78 Å². The van der Waals surface area contributed by atoms with Crippen LogP contribution >= 0.6 is 0 Å². The zero-order valence-electron chi connectivity index (χ0n) is 19.8. The molecule has 3 heterocycles. The van der Waals surface area contributed by atoms with E-state index in [1.165, 1.54) is 17.5 Å². The summed E-state index contributed by atoms with van der Waals surface area (Å²) >= 11 is 0. The first-order chi connectivity index (χ1) is 17.6. The number of piperazine rings is 1. The molecule has 3 aromatic carbocycles. The largest absolute Gasteiger partial charge is 0.478 e. The number of carboxylic acid groups (broad SMARTS) is 1. The molecule has 1 aromatic heterocycles. The van der Waals surface area contributed by atoms with Gasteiger partial charge in [-0.2, -0.15) is 0 Å². The van der Waals surface area contributed by atoms with Crippen molar-refractivity contribution in [1.82, 2.24) is 14.8 Å². The molecule has 4 aromatic rings. The maximum atomic E-state index is 11.1. The molecule has 2 atom stereocenters. The molecule has 2 fully saturated rings. The molecule has 2 aliphatic heterocycles. The van der Waals surface area contributed by atoms with Gasteiger partial charge in [0.1, 0.15) is 17.8 Å². The summed E-state index contributed by atoms with van der Waals surface area (Å²) in [7, 11) is 0. The molecule has 0 unspecified atom stereocenters. The van der Waals surface area contributed by atoms with Gasteiger partial charge in [-0.15, -0.1) is 0 Å². The minimum Gasteiger partial charge on any atom is -0.478 e. The van der Waals surface area contributed by atoms with Crippen LogP contribution in [0.15, 0.2) is 89.7 Å². The summed E-state index contributed by atoms with van der Waals surface area (Å²) in [5, 5.41) is 9.09. The first-order valence-electron chi connectivity index (χ1n) is 12.2.